The van der Waals surface area contributed by atoms with Crippen molar-refractivity contribution in [3.8, 4) is 0 Å². The minimum absolute atomic E-state index is 0.140. The number of sulfonamides is 1. The molecule has 1 saturated heterocycles. The Balaban J connectivity index is 2.27. The Morgan fingerprint density at radius 3 is 2.15 bits per heavy atom. The Morgan fingerprint density at radius 2 is 1.70 bits per heavy atom. The number of hydrogen-bond acceptors (Lipinski definition) is 4. The Morgan fingerprint density at radius 1 is 1.20 bits per heavy atom. The molecule has 1 amide bonds. The van der Waals surface area contributed by atoms with Crippen molar-refractivity contribution < 1.29 is 17.9 Å². The number of rotatable bonds is 3. The summed E-state index contributed by atoms with van der Waals surface area (Å²) in [6, 6.07) is 5.64. The first-order valence-electron chi connectivity index (χ1n) is 6.36. The van der Waals surface area contributed by atoms with Crippen molar-refractivity contribution in [2.24, 2.45) is 5.73 Å². The Bertz CT molecular complexity index is 587. The highest BCUT2D eigenvalue weighted by Crippen LogP contribution is 2.21. The van der Waals surface area contributed by atoms with Crippen molar-refractivity contribution in [2.75, 3.05) is 13.1 Å². The number of carbonyl (C=O) groups is 1. The van der Waals surface area contributed by atoms with Crippen LogP contribution in [0.1, 0.15) is 24.2 Å². The molecule has 0 unspecified atom stereocenters. The number of ether oxygens (including phenoxy) is 1. The zero-order valence-corrected chi connectivity index (χ0v) is 12.3. The number of amides is 1. The van der Waals surface area contributed by atoms with Gasteiger partial charge in [0.15, 0.2) is 0 Å². The first kappa shape index (κ1) is 15.0. The fourth-order valence-electron chi connectivity index (χ4n) is 2.27. The predicted molar refractivity (Wildman–Crippen MR) is 73.7 cm³/mol. The summed E-state index contributed by atoms with van der Waals surface area (Å²) in [5.41, 5.74) is 5.42. The summed E-state index contributed by atoms with van der Waals surface area (Å²) < 4.78 is 32.0. The standard InChI is InChI=1S/C13H18N2O4S/c1-9-7-15(8-10(2)19-9)20(17,18)12-5-3-11(4-6-12)13(14)16/h3-6,9-10H,7-8H2,1-2H3,(H2,14,16)/t9-,10-/m0/s1. The van der Waals surface area contributed by atoms with Gasteiger partial charge < -0.3 is 10.5 Å². The molecule has 1 aromatic rings. The molecular weight excluding hydrogens is 280 g/mol. The lowest BCUT2D eigenvalue weighted by Gasteiger charge is -2.34. The topological polar surface area (TPSA) is 89.7 Å². The van der Waals surface area contributed by atoms with Gasteiger partial charge in [-0.3, -0.25) is 4.79 Å². The molecule has 1 aliphatic rings. The molecule has 0 aromatic heterocycles. The summed E-state index contributed by atoms with van der Waals surface area (Å²) in [5.74, 6) is -0.581. The second-order valence-corrected chi connectivity index (χ2v) is 6.91. The Labute approximate surface area is 118 Å². The smallest absolute Gasteiger partial charge is 0.248 e. The van der Waals surface area contributed by atoms with E-state index in [1.54, 1.807) is 0 Å². The SMILES string of the molecule is C[C@H]1CN(S(=O)(=O)c2ccc(C(N)=O)cc2)C[C@H](C)O1. The van der Waals surface area contributed by atoms with Crippen LogP contribution in [0.2, 0.25) is 0 Å². The average Bonchev–Trinajstić information content (AvgIpc) is 2.37. The van der Waals surface area contributed by atoms with Crippen molar-refractivity contribution >= 4 is 15.9 Å². The van der Waals surface area contributed by atoms with Crippen LogP contribution in [-0.4, -0.2) is 43.9 Å². The number of nitrogens with two attached hydrogens (primary N) is 1. The molecule has 0 spiro atoms. The highest BCUT2D eigenvalue weighted by molar-refractivity contribution is 7.89. The van der Waals surface area contributed by atoms with Crippen LogP contribution in [0.15, 0.2) is 29.2 Å². The van der Waals surface area contributed by atoms with Gasteiger partial charge in [-0.05, 0) is 38.1 Å². The molecule has 1 heterocycles. The van der Waals surface area contributed by atoms with E-state index in [1.165, 1.54) is 28.6 Å². The summed E-state index contributed by atoms with van der Waals surface area (Å²) in [7, 11) is -3.57. The van der Waals surface area contributed by atoms with E-state index in [9.17, 15) is 13.2 Å². The number of benzene rings is 1. The third kappa shape index (κ3) is 3.00. The first-order valence-corrected chi connectivity index (χ1v) is 7.80. The number of hydrogen-bond donors (Lipinski definition) is 1. The van der Waals surface area contributed by atoms with Crippen LogP contribution in [0, 0.1) is 0 Å². The zero-order valence-electron chi connectivity index (χ0n) is 11.4. The van der Waals surface area contributed by atoms with Crippen LogP contribution >= 0.6 is 0 Å². The van der Waals surface area contributed by atoms with E-state index in [0.29, 0.717) is 13.1 Å². The molecule has 6 nitrogen and oxygen atoms in total. The van der Waals surface area contributed by atoms with Crippen LogP contribution in [0.25, 0.3) is 0 Å². The molecule has 0 bridgehead atoms. The highest BCUT2D eigenvalue weighted by Gasteiger charge is 2.32. The molecule has 2 rings (SSSR count). The molecule has 1 aliphatic heterocycles. The number of primary amides is 1. The van der Waals surface area contributed by atoms with Crippen molar-refractivity contribution in [2.45, 2.75) is 31.0 Å². The van der Waals surface area contributed by atoms with Gasteiger partial charge in [-0.15, -0.1) is 0 Å². The maximum Gasteiger partial charge on any atom is 0.248 e. The van der Waals surface area contributed by atoms with Gasteiger partial charge in [-0.25, -0.2) is 8.42 Å². The van der Waals surface area contributed by atoms with Gasteiger partial charge in [0.2, 0.25) is 15.9 Å². The summed E-state index contributed by atoms with van der Waals surface area (Å²) >= 11 is 0. The zero-order chi connectivity index (χ0) is 14.9. The van der Waals surface area contributed by atoms with Gasteiger partial charge in [-0.2, -0.15) is 4.31 Å². The van der Waals surface area contributed by atoms with Crippen molar-refractivity contribution in [1.29, 1.82) is 0 Å². The number of carbonyl (C=O) groups excluding carboxylic acids is 1. The van der Waals surface area contributed by atoms with E-state index in [-0.39, 0.29) is 22.7 Å². The fraction of sp³-hybridized carbons (Fsp3) is 0.462. The minimum Gasteiger partial charge on any atom is -0.373 e. The highest BCUT2D eigenvalue weighted by atomic mass is 32.2. The molecule has 7 heteroatoms. The molecule has 0 saturated carbocycles. The first-order chi connectivity index (χ1) is 9.30. The fourth-order valence-corrected chi connectivity index (χ4v) is 3.86. The largest absolute Gasteiger partial charge is 0.373 e. The van der Waals surface area contributed by atoms with Crippen molar-refractivity contribution in [3.05, 3.63) is 29.8 Å². The van der Waals surface area contributed by atoms with Crippen LogP contribution in [0.3, 0.4) is 0 Å². The normalized spacial score (nSPS) is 24.5. The van der Waals surface area contributed by atoms with Crippen molar-refractivity contribution in [1.82, 2.24) is 4.31 Å². The van der Waals surface area contributed by atoms with Gasteiger partial charge in [0, 0.05) is 18.7 Å². The average molecular weight is 298 g/mol. The summed E-state index contributed by atoms with van der Waals surface area (Å²) in [6.07, 6.45) is -0.281. The number of nitrogens with zero attached hydrogens (tertiary/aromatic N) is 1. The van der Waals surface area contributed by atoms with Gasteiger partial charge in [0.25, 0.3) is 0 Å². The van der Waals surface area contributed by atoms with Gasteiger partial charge in [-0.1, -0.05) is 0 Å². The summed E-state index contributed by atoms with van der Waals surface area (Å²) in [6.45, 7) is 4.33. The van der Waals surface area contributed by atoms with Gasteiger partial charge in [0.05, 0.1) is 17.1 Å². The predicted octanol–water partition coefficient (Wildman–Crippen LogP) is 0.583. The monoisotopic (exact) mass is 298 g/mol. The molecule has 1 aromatic carbocycles. The maximum atomic E-state index is 12.5. The molecule has 0 radical (unpaired) electrons. The lowest BCUT2D eigenvalue weighted by molar-refractivity contribution is -0.0440. The van der Waals surface area contributed by atoms with Gasteiger partial charge >= 0.3 is 0 Å². The van der Waals surface area contributed by atoms with E-state index in [0.717, 1.165) is 0 Å². The van der Waals surface area contributed by atoms with E-state index < -0.39 is 15.9 Å². The minimum atomic E-state index is -3.57. The van der Waals surface area contributed by atoms with Gasteiger partial charge in [0.1, 0.15) is 0 Å². The third-order valence-electron chi connectivity index (χ3n) is 3.16. The molecule has 1 fully saturated rings. The maximum absolute atomic E-state index is 12.5. The van der Waals surface area contributed by atoms with E-state index in [4.69, 9.17) is 10.5 Å². The van der Waals surface area contributed by atoms with Crippen LogP contribution in [-0.2, 0) is 14.8 Å². The Hall–Kier alpha value is -1.44. The quantitative estimate of drug-likeness (QED) is 0.884. The summed E-state index contributed by atoms with van der Waals surface area (Å²) in [5, 5.41) is 0. The molecule has 2 atom stereocenters. The Kier molecular flexibility index (Phi) is 4.12. The lowest BCUT2D eigenvalue weighted by Crippen LogP contribution is -2.48. The van der Waals surface area contributed by atoms with E-state index >= 15 is 0 Å². The molecule has 20 heavy (non-hydrogen) atoms. The lowest BCUT2D eigenvalue weighted by atomic mass is 10.2. The van der Waals surface area contributed by atoms with Crippen LogP contribution in [0.5, 0.6) is 0 Å². The molecular formula is C13H18N2O4S. The summed E-state index contributed by atoms with van der Waals surface area (Å²) in [4.78, 5) is 11.2. The second kappa shape index (κ2) is 5.51. The number of morpholine rings is 1. The second-order valence-electron chi connectivity index (χ2n) is 4.97. The third-order valence-corrected chi connectivity index (χ3v) is 5.01. The van der Waals surface area contributed by atoms with E-state index in [1.807, 2.05) is 13.8 Å². The molecule has 110 valence electrons. The van der Waals surface area contributed by atoms with Crippen LogP contribution < -0.4 is 5.73 Å². The van der Waals surface area contributed by atoms with Crippen molar-refractivity contribution in [3.63, 3.8) is 0 Å². The van der Waals surface area contributed by atoms with Crippen LogP contribution in [0.4, 0.5) is 0 Å². The van der Waals surface area contributed by atoms with E-state index in [2.05, 4.69) is 0 Å². The molecule has 0 aliphatic carbocycles. The molecule has 2 N–H and O–H groups in total.